The van der Waals surface area contributed by atoms with Crippen molar-refractivity contribution in [1.29, 1.82) is 0 Å². The molecule has 0 spiro atoms. The number of nitrogens with one attached hydrogen (secondary N) is 1. The van der Waals surface area contributed by atoms with Crippen LogP contribution in [-0.2, 0) is 0 Å². The van der Waals surface area contributed by atoms with E-state index in [2.05, 4.69) is 35.3 Å². The highest BCUT2D eigenvalue weighted by atomic mass is 32.2. The van der Waals surface area contributed by atoms with Crippen LogP contribution in [0.5, 0.6) is 0 Å². The van der Waals surface area contributed by atoms with Gasteiger partial charge in [0.15, 0.2) is 0 Å². The minimum Gasteiger partial charge on any atom is -0.369 e. The molecule has 0 bridgehead atoms. The molecule has 0 saturated carbocycles. The summed E-state index contributed by atoms with van der Waals surface area (Å²) in [5, 5.41) is 3.21. The zero-order chi connectivity index (χ0) is 10.7. The van der Waals surface area contributed by atoms with Crippen molar-refractivity contribution in [2.45, 2.75) is 11.8 Å². The lowest BCUT2D eigenvalue weighted by Crippen LogP contribution is -2.34. The molecule has 0 unspecified atom stereocenters. The number of rotatable bonds is 3. The molecule has 82 valence electrons. The second-order valence-electron chi connectivity index (χ2n) is 3.91. The van der Waals surface area contributed by atoms with Gasteiger partial charge in [-0.2, -0.15) is 0 Å². The van der Waals surface area contributed by atoms with Crippen LogP contribution in [0.25, 0.3) is 0 Å². The van der Waals surface area contributed by atoms with E-state index in [9.17, 15) is 0 Å². The molecule has 0 aliphatic carbocycles. The molecule has 2 nitrogen and oxygen atoms in total. The lowest BCUT2D eigenvalue weighted by atomic mass is 10.2. The largest absolute Gasteiger partial charge is 0.369 e. The third-order valence-electron chi connectivity index (χ3n) is 2.71. The fourth-order valence-electron chi connectivity index (χ4n) is 1.86. The minimum absolute atomic E-state index is 1.05. The Morgan fingerprint density at radius 2 is 2.33 bits per heavy atom. The zero-order valence-corrected chi connectivity index (χ0v) is 10.2. The fraction of sp³-hybridized carbons (Fsp3) is 0.500. The van der Waals surface area contributed by atoms with E-state index in [1.807, 2.05) is 18.8 Å². The first-order valence-corrected chi connectivity index (χ1v) is 6.43. The summed E-state index contributed by atoms with van der Waals surface area (Å²) in [5.41, 5.74) is 2.77. The van der Waals surface area contributed by atoms with Crippen molar-refractivity contribution in [2.24, 2.45) is 0 Å². The number of likely N-dealkylation sites (N-methyl/N-ethyl adjacent to an activating group) is 1. The molecule has 15 heavy (non-hydrogen) atoms. The van der Waals surface area contributed by atoms with Gasteiger partial charge in [-0.3, -0.25) is 0 Å². The van der Waals surface area contributed by atoms with E-state index in [0.29, 0.717) is 0 Å². The van der Waals surface area contributed by atoms with Crippen molar-refractivity contribution in [3.8, 4) is 0 Å². The molecule has 0 amide bonds. The summed E-state index contributed by atoms with van der Waals surface area (Å²) in [5.74, 6) is 1.21. The minimum atomic E-state index is 1.05. The number of benzene rings is 1. The Morgan fingerprint density at radius 1 is 1.47 bits per heavy atom. The summed E-state index contributed by atoms with van der Waals surface area (Å²) in [4.78, 5) is 3.91. The van der Waals surface area contributed by atoms with Gasteiger partial charge < -0.3 is 10.2 Å². The maximum Gasteiger partial charge on any atom is 0.0507 e. The Balaban J connectivity index is 2.20. The molecule has 1 heterocycles. The predicted molar refractivity (Wildman–Crippen MR) is 68.0 cm³/mol. The van der Waals surface area contributed by atoms with Crippen molar-refractivity contribution in [2.75, 3.05) is 37.3 Å². The molecule has 1 aliphatic rings. The van der Waals surface area contributed by atoms with Crippen LogP contribution in [-0.4, -0.2) is 32.4 Å². The smallest absolute Gasteiger partial charge is 0.0507 e. The van der Waals surface area contributed by atoms with Crippen molar-refractivity contribution in [1.82, 2.24) is 5.32 Å². The standard InChI is InChI=1S/C12H18N2S/c1-10-3-4-12-11(9-10)14(6-5-13-2)7-8-15-12/h3-4,9,13H,5-8H2,1-2H3. The van der Waals surface area contributed by atoms with Gasteiger partial charge in [-0.1, -0.05) is 6.07 Å². The maximum atomic E-state index is 3.21. The Bertz CT molecular complexity index is 338. The van der Waals surface area contributed by atoms with E-state index < -0.39 is 0 Å². The Hall–Kier alpha value is -0.670. The van der Waals surface area contributed by atoms with Crippen molar-refractivity contribution < 1.29 is 0 Å². The van der Waals surface area contributed by atoms with Crippen molar-refractivity contribution in [3.05, 3.63) is 23.8 Å². The Labute approximate surface area is 96.0 Å². The van der Waals surface area contributed by atoms with E-state index >= 15 is 0 Å². The number of fused-ring (bicyclic) bond motifs is 1. The van der Waals surface area contributed by atoms with Gasteiger partial charge in [-0.25, -0.2) is 0 Å². The molecule has 0 aromatic heterocycles. The molecule has 1 aromatic rings. The van der Waals surface area contributed by atoms with Gasteiger partial charge in [0.2, 0.25) is 0 Å². The second kappa shape index (κ2) is 4.90. The summed E-state index contributed by atoms with van der Waals surface area (Å²) in [6.45, 7) is 5.49. The maximum absolute atomic E-state index is 3.21. The molecule has 3 heteroatoms. The number of nitrogens with zero attached hydrogens (tertiary/aromatic N) is 1. The highest BCUT2D eigenvalue weighted by Gasteiger charge is 2.16. The predicted octanol–water partition coefficient (Wildman–Crippen LogP) is 2.13. The molecule has 1 aromatic carbocycles. The summed E-state index contributed by atoms with van der Waals surface area (Å²) >= 11 is 1.97. The highest BCUT2D eigenvalue weighted by molar-refractivity contribution is 7.99. The molecule has 0 radical (unpaired) electrons. The van der Waals surface area contributed by atoms with Gasteiger partial charge in [0.1, 0.15) is 0 Å². The van der Waals surface area contributed by atoms with Gasteiger partial charge in [0.05, 0.1) is 5.69 Å². The monoisotopic (exact) mass is 222 g/mol. The van der Waals surface area contributed by atoms with Gasteiger partial charge in [-0.15, -0.1) is 11.8 Å². The molecule has 0 fully saturated rings. The first-order chi connectivity index (χ1) is 7.31. The molecular formula is C12H18N2S. The summed E-state index contributed by atoms with van der Waals surface area (Å²) in [6.07, 6.45) is 0. The van der Waals surface area contributed by atoms with E-state index in [1.165, 1.54) is 28.4 Å². The lowest BCUT2D eigenvalue weighted by Gasteiger charge is -2.31. The third-order valence-corrected chi connectivity index (χ3v) is 3.75. The van der Waals surface area contributed by atoms with Crippen LogP contribution in [0.4, 0.5) is 5.69 Å². The average Bonchev–Trinajstić information content (AvgIpc) is 2.26. The van der Waals surface area contributed by atoms with Crippen LogP contribution < -0.4 is 10.2 Å². The van der Waals surface area contributed by atoms with Crippen LogP contribution in [0.15, 0.2) is 23.1 Å². The molecule has 1 aliphatic heterocycles. The van der Waals surface area contributed by atoms with Gasteiger partial charge >= 0.3 is 0 Å². The molecule has 1 N–H and O–H groups in total. The van der Waals surface area contributed by atoms with Crippen molar-refractivity contribution in [3.63, 3.8) is 0 Å². The van der Waals surface area contributed by atoms with Crippen LogP contribution in [0.3, 0.4) is 0 Å². The normalized spacial score (nSPS) is 15.2. The average molecular weight is 222 g/mol. The third kappa shape index (κ3) is 2.47. The van der Waals surface area contributed by atoms with E-state index in [0.717, 1.165) is 13.1 Å². The van der Waals surface area contributed by atoms with Crippen LogP contribution in [0, 0.1) is 6.92 Å². The fourth-order valence-corrected chi connectivity index (χ4v) is 2.89. The molecule has 0 saturated heterocycles. The lowest BCUT2D eigenvalue weighted by molar-refractivity contribution is 0.730. The molecule has 2 rings (SSSR count). The first-order valence-electron chi connectivity index (χ1n) is 5.44. The van der Waals surface area contributed by atoms with Gasteiger partial charge in [-0.05, 0) is 31.7 Å². The Morgan fingerprint density at radius 3 is 3.13 bits per heavy atom. The number of anilines is 1. The highest BCUT2D eigenvalue weighted by Crippen LogP contribution is 2.34. The van der Waals surface area contributed by atoms with Gasteiger partial charge in [0, 0.05) is 30.3 Å². The van der Waals surface area contributed by atoms with E-state index in [4.69, 9.17) is 0 Å². The van der Waals surface area contributed by atoms with Crippen molar-refractivity contribution >= 4 is 17.4 Å². The van der Waals surface area contributed by atoms with Crippen LogP contribution >= 0.6 is 11.8 Å². The molecular weight excluding hydrogens is 204 g/mol. The number of hydrogen-bond donors (Lipinski definition) is 1. The van der Waals surface area contributed by atoms with Crippen LogP contribution in [0.2, 0.25) is 0 Å². The SMILES string of the molecule is CNCCN1CCSc2ccc(C)cc21. The van der Waals surface area contributed by atoms with Gasteiger partial charge in [0.25, 0.3) is 0 Å². The topological polar surface area (TPSA) is 15.3 Å². The molecule has 0 atom stereocenters. The quantitative estimate of drug-likeness (QED) is 0.843. The number of thioether (sulfide) groups is 1. The van der Waals surface area contributed by atoms with Crippen LogP contribution in [0.1, 0.15) is 5.56 Å². The number of aryl methyl sites for hydroxylation is 1. The summed E-state index contributed by atoms with van der Waals surface area (Å²) in [6, 6.07) is 6.76. The second-order valence-corrected chi connectivity index (χ2v) is 5.05. The number of hydrogen-bond acceptors (Lipinski definition) is 3. The summed E-state index contributed by atoms with van der Waals surface area (Å²) in [7, 11) is 2.01. The Kier molecular flexibility index (Phi) is 3.54. The zero-order valence-electron chi connectivity index (χ0n) is 9.42. The first kappa shape index (κ1) is 10.8. The summed E-state index contributed by atoms with van der Waals surface area (Å²) < 4.78 is 0. The van der Waals surface area contributed by atoms with E-state index in [-0.39, 0.29) is 0 Å². The van der Waals surface area contributed by atoms with E-state index in [1.54, 1.807) is 0 Å².